The van der Waals surface area contributed by atoms with E-state index in [1.54, 1.807) is 7.11 Å². The van der Waals surface area contributed by atoms with Crippen LogP contribution in [0.25, 0.3) is 0 Å². The smallest absolute Gasteiger partial charge is 0.261 e. The molecule has 0 radical (unpaired) electrons. The second-order valence-corrected chi connectivity index (χ2v) is 8.04. The zero-order valence-corrected chi connectivity index (χ0v) is 19.8. The minimum Gasteiger partial charge on any atom is -0.378 e. The number of hydrogen-bond donors (Lipinski definition) is 1. The third-order valence-electron chi connectivity index (χ3n) is 5.35. The monoisotopic (exact) mass is 462 g/mol. The quantitative estimate of drug-likeness (QED) is 0.604. The lowest BCUT2D eigenvalue weighted by molar-refractivity contribution is 0.101. The number of rotatable bonds is 8. The van der Waals surface area contributed by atoms with Crippen LogP contribution in [0.4, 0.5) is 5.69 Å². The molecule has 0 unspecified atom stereocenters. The van der Waals surface area contributed by atoms with Crippen molar-refractivity contribution in [1.29, 1.82) is 0 Å². The van der Waals surface area contributed by atoms with Crippen LogP contribution in [0.1, 0.15) is 65.6 Å². The number of carbonyl (C=O) groups is 1. The fourth-order valence-corrected chi connectivity index (χ4v) is 4.09. The lowest BCUT2D eigenvalue weighted by Gasteiger charge is -2.20. The van der Waals surface area contributed by atoms with Gasteiger partial charge in [0.15, 0.2) is 0 Å². The SMILES string of the molecule is CCCc1cc(CC)c(NC(=O)c2c(COC)n(C)c(C)c(Br)c2=O)c(CC)c1. The van der Waals surface area contributed by atoms with Gasteiger partial charge in [-0.05, 0) is 58.8 Å². The third-order valence-corrected chi connectivity index (χ3v) is 6.28. The first-order chi connectivity index (χ1) is 13.8. The van der Waals surface area contributed by atoms with Crippen LogP contribution in [0.5, 0.6) is 0 Å². The van der Waals surface area contributed by atoms with E-state index in [4.69, 9.17) is 4.74 Å². The first-order valence-electron chi connectivity index (χ1n) is 10.1. The summed E-state index contributed by atoms with van der Waals surface area (Å²) >= 11 is 3.35. The van der Waals surface area contributed by atoms with Crippen LogP contribution in [0.15, 0.2) is 21.4 Å². The van der Waals surface area contributed by atoms with E-state index in [-0.39, 0.29) is 17.6 Å². The standard InChI is InChI=1S/C23H31BrN2O3/c1-7-10-15-11-16(8-2)21(17(9-3)12-15)25-23(28)19-18(13-29-6)26(5)14(4)20(24)22(19)27/h11-12H,7-10,13H2,1-6H3,(H,25,28). The number of halogens is 1. The van der Waals surface area contributed by atoms with Crippen LogP contribution in [0.2, 0.25) is 0 Å². The zero-order valence-electron chi connectivity index (χ0n) is 18.2. The van der Waals surface area contributed by atoms with Gasteiger partial charge < -0.3 is 14.6 Å². The number of benzene rings is 1. The van der Waals surface area contributed by atoms with Gasteiger partial charge in [-0.15, -0.1) is 0 Å². The van der Waals surface area contributed by atoms with Crippen molar-refractivity contribution in [3.63, 3.8) is 0 Å². The van der Waals surface area contributed by atoms with Crippen molar-refractivity contribution in [2.24, 2.45) is 7.05 Å². The number of anilines is 1. The normalized spacial score (nSPS) is 11.0. The molecular formula is C23H31BrN2O3. The van der Waals surface area contributed by atoms with Gasteiger partial charge in [-0.2, -0.15) is 0 Å². The summed E-state index contributed by atoms with van der Waals surface area (Å²) in [6, 6.07) is 4.33. The first kappa shape index (κ1) is 23.4. The van der Waals surface area contributed by atoms with Gasteiger partial charge in [-0.25, -0.2) is 0 Å². The number of ether oxygens (including phenoxy) is 1. The number of pyridine rings is 1. The van der Waals surface area contributed by atoms with Gasteiger partial charge in [0, 0.05) is 25.5 Å². The Balaban J connectivity index is 2.60. The Hall–Kier alpha value is -1.92. The first-order valence-corrected chi connectivity index (χ1v) is 10.9. The highest BCUT2D eigenvalue weighted by atomic mass is 79.9. The van der Waals surface area contributed by atoms with Gasteiger partial charge in [-0.3, -0.25) is 9.59 Å². The average molecular weight is 463 g/mol. The molecule has 0 aliphatic carbocycles. The maximum Gasteiger partial charge on any atom is 0.261 e. The highest BCUT2D eigenvalue weighted by molar-refractivity contribution is 9.10. The highest BCUT2D eigenvalue weighted by Gasteiger charge is 2.23. The topological polar surface area (TPSA) is 60.3 Å². The van der Waals surface area contributed by atoms with Gasteiger partial charge in [0.1, 0.15) is 5.56 Å². The summed E-state index contributed by atoms with van der Waals surface area (Å²) in [4.78, 5) is 26.2. The summed E-state index contributed by atoms with van der Waals surface area (Å²) in [6.07, 6.45) is 3.70. The number of carbonyl (C=O) groups excluding carboxylic acids is 1. The van der Waals surface area contributed by atoms with Crippen molar-refractivity contribution < 1.29 is 9.53 Å². The zero-order chi connectivity index (χ0) is 21.7. The van der Waals surface area contributed by atoms with Crippen LogP contribution >= 0.6 is 15.9 Å². The second kappa shape index (κ2) is 10.2. The number of methoxy groups -OCH3 is 1. The Morgan fingerprint density at radius 1 is 1.17 bits per heavy atom. The van der Waals surface area contributed by atoms with E-state index < -0.39 is 5.91 Å². The summed E-state index contributed by atoms with van der Waals surface area (Å²) in [7, 11) is 3.39. The Kier molecular flexibility index (Phi) is 8.23. The van der Waals surface area contributed by atoms with E-state index in [1.807, 2.05) is 18.5 Å². The lowest BCUT2D eigenvalue weighted by atomic mass is 9.96. The average Bonchev–Trinajstić information content (AvgIpc) is 2.71. The second-order valence-electron chi connectivity index (χ2n) is 7.24. The minimum absolute atomic E-state index is 0.119. The predicted octanol–water partition coefficient (Wildman–Crippen LogP) is 4.93. The summed E-state index contributed by atoms with van der Waals surface area (Å²) in [5.74, 6) is -0.397. The molecule has 1 aromatic carbocycles. The summed E-state index contributed by atoms with van der Waals surface area (Å²) in [5.41, 5.74) is 5.42. The van der Waals surface area contributed by atoms with E-state index >= 15 is 0 Å². The van der Waals surface area contributed by atoms with E-state index in [9.17, 15) is 9.59 Å². The van der Waals surface area contributed by atoms with E-state index in [0.717, 1.165) is 48.2 Å². The molecule has 2 rings (SSSR count). The van der Waals surface area contributed by atoms with Crippen LogP contribution < -0.4 is 10.7 Å². The predicted molar refractivity (Wildman–Crippen MR) is 122 cm³/mol. The molecule has 0 spiro atoms. The van der Waals surface area contributed by atoms with Crippen molar-refractivity contribution in [3.05, 3.63) is 60.5 Å². The number of amides is 1. The van der Waals surface area contributed by atoms with Crippen LogP contribution in [-0.2, 0) is 37.7 Å². The van der Waals surface area contributed by atoms with Crippen molar-refractivity contribution >= 4 is 27.5 Å². The molecule has 1 heterocycles. The van der Waals surface area contributed by atoms with E-state index in [0.29, 0.717) is 10.2 Å². The van der Waals surface area contributed by atoms with Gasteiger partial charge in [0.05, 0.1) is 16.8 Å². The van der Waals surface area contributed by atoms with Crippen molar-refractivity contribution in [1.82, 2.24) is 4.57 Å². The molecule has 1 N–H and O–H groups in total. The van der Waals surface area contributed by atoms with Gasteiger partial charge in [0.2, 0.25) is 5.43 Å². The Morgan fingerprint density at radius 2 is 1.76 bits per heavy atom. The van der Waals surface area contributed by atoms with Crippen molar-refractivity contribution in [3.8, 4) is 0 Å². The minimum atomic E-state index is -0.397. The molecule has 0 aliphatic heterocycles. The maximum absolute atomic E-state index is 13.3. The third kappa shape index (κ3) is 4.81. The molecule has 29 heavy (non-hydrogen) atoms. The summed E-state index contributed by atoms with van der Waals surface area (Å²) in [5, 5.41) is 3.05. The molecule has 2 aromatic rings. The van der Waals surface area contributed by atoms with E-state index in [1.165, 1.54) is 5.56 Å². The number of aryl methyl sites for hydroxylation is 3. The fourth-order valence-electron chi connectivity index (χ4n) is 3.63. The molecule has 0 bridgehead atoms. The van der Waals surface area contributed by atoms with Crippen LogP contribution in [-0.4, -0.2) is 17.6 Å². The molecule has 1 aromatic heterocycles. The Morgan fingerprint density at radius 3 is 2.24 bits per heavy atom. The van der Waals surface area contributed by atoms with Crippen LogP contribution in [0.3, 0.4) is 0 Å². The van der Waals surface area contributed by atoms with Gasteiger partial charge in [-0.1, -0.05) is 39.3 Å². The fraction of sp³-hybridized carbons (Fsp3) is 0.478. The van der Waals surface area contributed by atoms with Gasteiger partial charge >= 0.3 is 0 Å². The molecule has 0 atom stereocenters. The molecule has 0 saturated carbocycles. The number of nitrogens with one attached hydrogen (secondary N) is 1. The molecule has 0 fully saturated rings. The van der Waals surface area contributed by atoms with E-state index in [2.05, 4.69) is 54.2 Å². The van der Waals surface area contributed by atoms with Crippen molar-refractivity contribution in [2.75, 3.05) is 12.4 Å². The van der Waals surface area contributed by atoms with Crippen molar-refractivity contribution in [2.45, 2.75) is 60.0 Å². The highest BCUT2D eigenvalue weighted by Crippen LogP contribution is 2.27. The Labute approximate surface area is 181 Å². The largest absolute Gasteiger partial charge is 0.378 e. The number of hydrogen-bond acceptors (Lipinski definition) is 3. The summed E-state index contributed by atoms with van der Waals surface area (Å²) in [6.45, 7) is 8.34. The Bertz CT molecular complexity index is 939. The van der Waals surface area contributed by atoms with Crippen LogP contribution in [0, 0.1) is 6.92 Å². The molecule has 0 aliphatic rings. The van der Waals surface area contributed by atoms with Gasteiger partial charge in [0.25, 0.3) is 5.91 Å². The molecule has 6 heteroatoms. The molecule has 5 nitrogen and oxygen atoms in total. The maximum atomic E-state index is 13.3. The number of nitrogens with zero attached hydrogens (tertiary/aromatic N) is 1. The molecule has 0 saturated heterocycles. The lowest BCUT2D eigenvalue weighted by Crippen LogP contribution is -2.29. The summed E-state index contributed by atoms with van der Waals surface area (Å²) < 4.78 is 7.50. The molecule has 158 valence electrons. The molecular weight excluding hydrogens is 432 g/mol. The molecule has 1 amide bonds. The number of aromatic nitrogens is 1.